The van der Waals surface area contributed by atoms with Crippen LogP contribution in [0.1, 0.15) is 38.6 Å². The van der Waals surface area contributed by atoms with Gasteiger partial charge in [0.15, 0.2) is 0 Å². The van der Waals surface area contributed by atoms with Crippen LogP contribution in [-0.2, 0) is 0 Å². The molecule has 0 radical (unpaired) electrons. The first-order chi connectivity index (χ1) is 8.08. The highest BCUT2D eigenvalue weighted by molar-refractivity contribution is 7.10. The summed E-state index contributed by atoms with van der Waals surface area (Å²) in [7, 11) is 0. The van der Waals surface area contributed by atoms with E-state index in [1.54, 1.807) is 11.3 Å². The molecule has 0 amide bonds. The minimum atomic E-state index is 0.547. The molecular weight excluding hydrogens is 230 g/mol. The normalized spacial score (nSPS) is 18.4. The van der Waals surface area contributed by atoms with Crippen molar-refractivity contribution in [3.05, 3.63) is 10.4 Å². The van der Waals surface area contributed by atoms with E-state index in [0.29, 0.717) is 12.0 Å². The van der Waals surface area contributed by atoms with Crippen molar-refractivity contribution in [2.75, 3.05) is 31.1 Å². The fourth-order valence-corrected chi connectivity index (χ4v) is 3.00. The molecule has 0 N–H and O–H groups in total. The summed E-state index contributed by atoms with van der Waals surface area (Å²) in [6.45, 7) is 13.5. The third-order valence-electron chi connectivity index (χ3n) is 3.37. The van der Waals surface area contributed by atoms with Crippen molar-refractivity contribution in [1.82, 2.24) is 9.88 Å². The lowest BCUT2D eigenvalue weighted by Gasteiger charge is -2.37. The summed E-state index contributed by atoms with van der Waals surface area (Å²) >= 11 is 1.79. The van der Waals surface area contributed by atoms with Gasteiger partial charge in [-0.2, -0.15) is 0 Å². The molecule has 0 spiro atoms. The Morgan fingerprint density at radius 1 is 1.12 bits per heavy atom. The molecule has 1 aromatic rings. The van der Waals surface area contributed by atoms with E-state index >= 15 is 0 Å². The highest BCUT2D eigenvalue weighted by atomic mass is 32.1. The van der Waals surface area contributed by atoms with Gasteiger partial charge in [0, 0.05) is 43.5 Å². The lowest BCUT2D eigenvalue weighted by Crippen LogP contribution is -2.49. The van der Waals surface area contributed by atoms with Crippen molar-refractivity contribution >= 4 is 17.2 Å². The van der Waals surface area contributed by atoms with E-state index in [-0.39, 0.29) is 0 Å². The molecule has 1 aliphatic rings. The molecule has 96 valence electrons. The van der Waals surface area contributed by atoms with Gasteiger partial charge in [0.2, 0.25) is 0 Å². The topological polar surface area (TPSA) is 19.4 Å². The molecule has 2 heterocycles. The van der Waals surface area contributed by atoms with E-state index in [1.165, 1.54) is 10.8 Å². The van der Waals surface area contributed by atoms with Gasteiger partial charge < -0.3 is 4.90 Å². The summed E-state index contributed by atoms with van der Waals surface area (Å²) in [6, 6.07) is 0.666. The maximum atomic E-state index is 4.73. The smallest absolute Gasteiger partial charge is 0.139 e. The van der Waals surface area contributed by atoms with Crippen LogP contribution in [0, 0.1) is 0 Å². The number of rotatable bonds is 3. The van der Waals surface area contributed by atoms with E-state index in [0.717, 1.165) is 26.2 Å². The molecule has 17 heavy (non-hydrogen) atoms. The van der Waals surface area contributed by atoms with Crippen molar-refractivity contribution in [2.24, 2.45) is 0 Å². The molecule has 0 atom stereocenters. The van der Waals surface area contributed by atoms with E-state index in [4.69, 9.17) is 4.98 Å². The Morgan fingerprint density at radius 3 is 2.24 bits per heavy atom. The molecule has 4 heteroatoms. The van der Waals surface area contributed by atoms with Crippen LogP contribution in [0.2, 0.25) is 0 Å². The first kappa shape index (κ1) is 12.8. The SMILES string of the molecule is CC(C)c1nc(N2CCN(C(C)C)CC2)cs1. The second-order valence-electron chi connectivity index (χ2n) is 5.32. The zero-order valence-corrected chi connectivity index (χ0v) is 12.1. The molecule has 1 aliphatic heterocycles. The van der Waals surface area contributed by atoms with Gasteiger partial charge in [0.25, 0.3) is 0 Å². The minimum Gasteiger partial charge on any atom is -0.353 e. The van der Waals surface area contributed by atoms with Crippen LogP contribution in [0.25, 0.3) is 0 Å². The third kappa shape index (κ3) is 2.99. The summed E-state index contributed by atoms with van der Waals surface area (Å²) in [5.41, 5.74) is 0. The fourth-order valence-electron chi connectivity index (χ4n) is 2.16. The molecule has 0 aliphatic carbocycles. The number of piperazine rings is 1. The van der Waals surface area contributed by atoms with E-state index in [2.05, 4.69) is 42.9 Å². The van der Waals surface area contributed by atoms with Gasteiger partial charge in [0.05, 0.1) is 5.01 Å². The summed E-state index contributed by atoms with van der Waals surface area (Å²) in [6.07, 6.45) is 0. The van der Waals surface area contributed by atoms with Gasteiger partial charge in [-0.15, -0.1) is 11.3 Å². The van der Waals surface area contributed by atoms with Crippen LogP contribution in [0.3, 0.4) is 0 Å². The van der Waals surface area contributed by atoms with E-state index in [9.17, 15) is 0 Å². The van der Waals surface area contributed by atoms with Gasteiger partial charge in [0.1, 0.15) is 5.82 Å². The predicted octanol–water partition coefficient (Wildman–Crippen LogP) is 2.80. The van der Waals surface area contributed by atoms with Crippen molar-refractivity contribution in [1.29, 1.82) is 0 Å². The second-order valence-corrected chi connectivity index (χ2v) is 6.21. The first-order valence-electron chi connectivity index (χ1n) is 6.52. The average Bonchev–Trinajstić information content (AvgIpc) is 2.78. The van der Waals surface area contributed by atoms with Gasteiger partial charge in [-0.1, -0.05) is 13.8 Å². The lowest BCUT2D eigenvalue weighted by molar-refractivity contribution is 0.209. The van der Waals surface area contributed by atoms with Crippen molar-refractivity contribution in [2.45, 2.75) is 39.7 Å². The van der Waals surface area contributed by atoms with Crippen molar-refractivity contribution in [3.63, 3.8) is 0 Å². The molecule has 0 unspecified atom stereocenters. The molecule has 1 fully saturated rings. The van der Waals surface area contributed by atoms with Crippen LogP contribution in [0.4, 0.5) is 5.82 Å². The Morgan fingerprint density at radius 2 is 1.76 bits per heavy atom. The van der Waals surface area contributed by atoms with Gasteiger partial charge in [-0.3, -0.25) is 4.90 Å². The van der Waals surface area contributed by atoms with Crippen molar-refractivity contribution in [3.8, 4) is 0 Å². The fraction of sp³-hybridized carbons (Fsp3) is 0.769. The number of aromatic nitrogens is 1. The maximum absolute atomic E-state index is 4.73. The number of hydrogen-bond donors (Lipinski definition) is 0. The van der Waals surface area contributed by atoms with E-state index in [1.807, 2.05) is 0 Å². The Hall–Kier alpha value is -0.610. The number of thiazole rings is 1. The molecular formula is C13H23N3S. The van der Waals surface area contributed by atoms with E-state index < -0.39 is 0 Å². The van der Waals surface area contributed by atoms with Crippen LogP contribution < -0.4 is 4.90 Å². The lowest BCUT2D eigenvalue weighted by atomic mass is 10.2. The molecule has 2 rings (SSSR count). The Balaban J connectivity index is 1.96. The molecule has 1 saturated heterocycles. The Bertz CT molecular complexity index is 351. The minimum absolute atomic E-state index is 0.547. The van der Waals surface area contributed by atoms with Gasteiger partial charge in [-0.05, 0) is 13.8 Å². The third-order valence-corrected chi connectivity index (χ3v) is 4.51. The largest absolute Gasteiger partial charge is 0.353 e. The molecule has 1 aromatic heterocycles. The Labute approximate surface area is 108 Å². The number of hydrogen-bond acceptors (Lipinski definition) is 4. The van der Waals surface area contributed by atoms with Crippen LogP contribution >= 0.6 is 11.3 Å². The van der Waals surface area contributed by atoms with Gasteiger partial charge in [-0.25, -0.2) is 4.98 Å². The monoisotopic (exact) mass is 253 g/mol. The van der Waals surface area contributed by atoms with Crippen LogP contribution in [0.15, 0.2) is 5.38 Å². The first-order valence-corrected chi connectivity index (χ1v) is 7.40. The van der Waals surface area contributed by atoms with Crippen molar-refractivity contribution < 1.29 is 0 Å². The van der Waals surface area contributed by atoms with Crippen LogP contribution in [0.5, 0.6) is 0 Å². The summed E-state index contributed by atoms with van der Waals surface area (Å²) < 4.78 is 0. The number of anilines is 1. The molecule has 0 bridgehead atoms. The second kappa shape index (κ2) is 5.36. The predicted molar refractivity (Wildman–Crippen MR) is 75.1 cm³/mol. The zero-order valence-electron chi connectivity index (χ0n) is 11.3. The number of nitrogens with zero attached hydrogens (tertiary/aromatic N) is 3. The quantitative estimate of drug-likeness (QED) is 0.826. The maximum Gasteiger partial charge on any atom is 0.139 e. The van der Waals surface area contributed by atoms with Crippen LogP contribution in [-0.4, -0.2) is 42.1 Å². The van der Waals surface area contributed by atoms with Gasteiger partial charge >= 0.3 is 0 Å². The molecule has 0 saturated carbocycles. The highest BCUT2D eigenvalue weighted by Gasteiger charge is 2.20. The average molecular weight is 253 g/mol. The molecule has 0 aromatic carbocycles. The summed E-state index contributed by atoms with van der Waals surface area (Å²) in [5, 5.41) is 3.46. The zero-order chi connectivity index (χ0) is 12.4. The highest BCUT2D eigenvalue weighted by Crippen LogP contribution is 2.25. The molecule has 3 nitrogen and oxygen atoms in total. The summed E-state index contributed by atoms with van der Waals surface area (Å²) in [5.74, 6) is 1.73. The summed E-state index contributed by atoms with van der Waals surface area (Å²) in [4.78, 5) is 9.68. The standard InChI is InChI=1S/C13H23N3S/c1-10(2)13-14-12(9-17-13)16-7-5-15(6-8-16)11(3)4/h9-11H,5-8H2,1-4H3. The Kier molecular flexibility index (Phi) is 4.05.